The lowest BCUT2D eigenvalue weighted by Crippen LogP contribution is -2.46. The molecule has 1 rings (SSSR count). The molecule has 0 aromatic heterocycles. The fourth-order valence-corrected chi connectivity index (χ4v) is 3.41. The van der Waals surface area contributed by atoms with Gasteiger partial charge in [-0.15, -0.1) is 6.58 Å². The topological polar surface area (TPSA) is 49.4 Å². The minimum absolute atomic E-state index is 0.110. The molecule has 5 heteroatoms. The maximum Gasteiger partial charge on any atom is 0.208 e. The van der Waals surface area contributed by atoms with Crippen LogP contribution in [-0.2, 0) is 10.0 Å². The summed E-state index contributed by atoms with van der Waals surface area (Å²) >= 11 is 0. The Bertz CT molecular complexity index is 368. The summed E-state index contributed by atoms with van der Waals surface area (Å²) in [6.07, 6.45) is 6.01. The number of hydrogen-bond acceptors (Lipinski definition) is 3. The number of nitrogens with one attached hydrogen (secondary N) is 1. The normalized spacial score (nSPS) is 19.9. The molecule has 0 spiro atoms. The van der Waals surface area contributed by atoms with Gasteiger partial charge >= 0.3 is 0 Å². The third kappa shape index (κ3) is 5.98. The molecule has 0 radical (unpaired) electrons. The van der Waals surface area contributed by atoms with Crippen molar-refractivity contribution in [1.29, 1.82) is 0 Å². The highest BCUT2D eigenvalue weighted by molar-refractivity contribution is 7.88. The molecule has 0 aromatic rings. The third-order valence-electron chi connectivity index (χ3n) is 3.32. The van der Waals surface area contributed by atoms with Crippen LogP contribution in [0.1, 0.15) is 33.1 Å². The molecule has 4 nitrogen and oxygen atoms in total. The number of rotatable bonds is 6. The van der Waals surface area contributed by atoms with Crippen LogP contribution in [0.5, 0.6) is 0 Å². The lowest BCUT2D eigenvalue weighted by atomic mass is 9.88. The number of hydrogen-bond donors (Lipinski definition) is 1. The Morgan fingerprint density at radius 1 is 1.39 bits per heavy atom. The predicted octanol–water partition coefficient (Wildman–Crippen LogP) is 1.60. The van der Waals surface area contributed by atoms with Gasteiger partial charge in [-0.3, -0.25) is 0 Å². The minimum Gasteiger partial charge on any atom is -0.303 e. The second kappa shape index (κ2) is 6.17. The second-order valence-corrected chi connectivity index (χ2v) is 7.88. The summed E-state index contributed by atoms with van der Waals surface area (Å²) < 4.78 is 25.0. The van der Waals surface area contributed by atoms with Gasteiger partial charge in [0.2, 0.25) is 10.0 Å². The first kappa shape index (κ1) is 15.7. The van der Waals surface area contributed by atoms with Crippen LogP contribution in [0, 0.1) is 5.41 Å². The second-order valence-electron chi connectivity index (χ2n) is 6.10. The van der Waals surface area contributed by atoms with Gasteiger partial charge < -0.3 is 4.90 Å². The highest BCUT2D eigenvalue weighted by atomic mass is 32.2. The van der Waals surface area contributed by atoms with Gasteiger partial charge in [0.25, 0.3) is 0 Å². The van der Waals surface area contributed by atoms with Crippen LogP contribution >= 0.6 is 0 Å². The van der Waals surface area contributed by atoms with Gasteiger partial charge in [-0.1, -0.05) is 19.9 Å². The Balaban J connectivity index is 2.38. The van der Waals surface area contributed by atoms with E-state index >= 15 is 0 Å². The zero-order valence-electron chi connectivity index (χ0n) is 11.8. The van der Waals surface area contributed by atoms with Gasteiger partial charge in [-0.05, 0) is 37.8 Å². The molecule has 1 saturated heterocycles. The average molecular weight is 274 g/mol. The average Bonchev–Trinajstić information content (AvgIpc) is 2.18. The fraction of sp³-hybridized carbons (Fsp3) is 0.846. The molecule has 1 heterocycles. The molecule has 0 atom stereocenters. The van der Waals surface area contributed by atoms with Crippen LogP contribution in [0.25, 0.3) is 0 Å². The van der Waals surface area contributed by atoms with Crippen molar-refractivity contribution in [3.63, 3.8) is 0 Å². The summed E-state index contributed by atoms with van der Waals surface area (Å²) in [5.41, 5.74) is 0.249. The first-order valence-electron chi connectivity index (χ1n) is 6.52. The fourth-order valence-electron chi connectivity index (χ4n) is 2.57. The van der Waals surface area contributed by atoms with Gasteiger partial charge in [0.1, 0.15) is 0 Å². The van der Waals surface area contributed by atoms with Crippen LogP contribution in [0.2, 0.25) is 0 Å². The van der Waals surface area contributed by atoms with Crippen molar-refractivity contribution in [3.8, 4) is 0 Å². The van der Waals surface area contributed by atoms with E-state index < -0.39 is 10.0 Å². The van der Waals surface area contributed by atoms with Crippen LogP contribution in [0.3, 0.4) is 0 Å². The van der Waals surface area contributed by atoms with Crippen LogP contribution in [0.4, 0.5) is 0 Å². The minimum atomic E-state index is -3.07. The van der Waals surface area contributed by atoms with Crippen molar-refractivity contribution < 1.29 is 8.42 Å². The molecule has 0 unspecified atom stereocenters. The molecule has 0 bridgehead atoms. The third-order valence-corrected chi connectivity index (χ3v) is 4.08. The van der Waals surface area contributed by atoms with E-state index in [1.165, 1.54) is 6.26 Å². The summed E-state index contributed by atoms with van der Waals surface area (Å²) in [6.45, 7) is 11.3. The van der Waals surface area contributed by atoms with Gasteiger partial charge in [-0.2, -0.15) is 0 Å². The van der Waals surface area contributed by atoms with Gasteiger partial charge in [0.05, 0.1) is 6.26 Å². The van der Waals surface area contributed by atoms with Crippen molar-refractivity contribution in [2.45, 2.75) is 39.2 Å². The number of piperidine rings is 1. The van der Waals surface area contributed by atoms with Crippen LogP contribution < -0.4 is 4.72 Å². The van der Waals surface area contributed by atoms with E-state index in [-0.39, 0.29) is 11.5 Å². The van der Waals surface area contributed by atoms with E-state index in [4.69, 9.17) is 0 Å². The first-order chi connectivity index (χ1) is 8.22. The van der Waals surface area contributed by atoms with E-state index in [1.807, 2.05) is 6.08 Å². The highest BCUT2D eigenvalue weighted by Crippen LogP contribution is 2.24. The van der Waals surface area contributed by atoms with E-state index in [9.17, 15) is 8.42 Å². The predicted molar refractivity (Wildman–Crippen MR) is 76.0 cm³/mol. The zero-order chi connectivity index (χ0) is 13.8. The van der Waals surface area contributed by atoms with Crippen LogP contribution in [-0.4, -0.2) is 45.2 Å². The number of nitrogens with zero attached hydrogens (tertiary/aromatic N) is 1. The molecule has 1 fully saturated rings. The molecular formula is C13H26N2O2S. The number of sulfonamides is 1. The van der Waals surface area contributed by atoms with Gasteiger partial charge in [0.15, 0.2) is 0 Å². The largest absolute Gasteiger partial charge is 0.303 e. The smallest absolute Gasteiger partial charge is 0.208 e. The summed E-state index contributed by atoms with van der Waals surface area (Å²) in [7, 11) is -3.07. The van der Waals surface area contributed by atoms with Crippen molar-refractivity contribution >= 4 is 10.0 Å². The molecule has 1 N–H and O–H groups in total. The van der Waals surface area contributed by atoms with Crippen molar-refractivity contribution in [1.82, 2.24) is 9.62 Å². The molecule has 0 aliphatic carbocycles. The van der Waals surface area contributed by atoms with E-state index in [1.54, 1.807) is 0 Å². The van der Waals surface area contributed by atoms with E-state index in [2.05, 4.69) is 30.0 Å². The standard InChI is InChI=1S/C13H26N2O2S/c1-5-8-13(2,3)11-15-9-6-12(7-10-15)14-18(4,16)17/h5,12,14H,1,6-11H2,2-4H3. The Hall–Kier alpha value is -0.390. The Labute approximate surface area is 111 Å². The Kier molecular flexibility index (Phi) is 5.37. The number of allylic oxidation sites excluding steroid dienone is 1. The van der Waals surface area contributed by atoms with E-state index in [0.29, 0.717) is 0 Å². The molecule has 106 valence electrons. The molecule has 1 aliphatic heterocycles. The van der Waals surface area contributed by atoms with Crippen LogP contribution in [0.15, 0.2) is 12.7 Å². The van der Waals surface area contributed by atoms with Gasteiger partial charge in [0, 0.05) is 12.6 Å². The molecule has 0 aromatic carbocycles. The Morgan fingerprint density at radius 2 is 1.94 bits per heavy atom. The molecule has 18 heavy (non-hydrogen) atoms. The quantitative estimate of drug-likeness (QED) is 0.749. The first-order valence-corrected chi connectivity index (χ1v) is 8.41. The van der Waals surface area contributed by atoms with Crippen molar-refractivity contribution in [2.24, 2.45) is 5.41 Å². The maximum absolute atomic E-state index is 11.2. The SMILES string of the molecule is C=CCC(C)(C)CN1CCC(NS(C)(=O)=O)CC1. The Morgan fingerprint density at radius 3 is 2.39 bits per heavy atom. The van der Waals surface area contributed by atoms with E-state index in [0.717, 1.165) is 38.9 Å². The molecule has 0 amide bonds. The summed E-state index contributed by atoms with van der Waals surface area (Å²) in [5.74, 6) is 0. The highest BCUT2D eigenvalue weighted by Gasteiger charge is 2.25. The van der Waals surface area contributed by atoms with Crippen molar-refractivity contribution in [2.75, 3.05) is 25.9 Å². The molecular weight excluding hydrogens is 248 g/mol. The molecule has 0 saturated carbocycles. The zero-order valence-corrected chi connectivity index (χ0v) is 12.6. The lowest BCUT2D eigenvalue weighted by molar-refractivity contribution is 0.143. The number of likely N-dealkylation sites (tertiary alicyclic amines) is 1. The summed E-state index contributed by atoms with van der Waals surface area (Å²) in [4.78, 5) is 2.42. The van der Waals surface area contributed by atoms with Gasteiger partial charge in [-0.25, -0.2) is 13.1 Å². The monoisotopic (exact) mass is 274 g/mol. The maximum atomic E-state index is 11.2. The van der Waals surface area contributed by atoms with Crippen molar-refractivity contribution in [3.05, 3.63) is 12.7 Å². The molecule has 1 aliphatic rings. The summed E-state index contributed by atoms with van der Waals surface area (Å²) in [5, 5.41) is 0. The lowest BCUT2D eigenvalue weighted by Gasteiger charge is -2.37. The summed E-state index contributed by atoms with van der Waals surface area (Å²) in [6, 6.07) is 0.110.